The van der Waals surface area contributed by atoms with Crippen LogP contribution in [0.3, 0.4) is 0 Å². The third kappa shape index (κ3) is 2.30. The molecule has 130 valence electrons. The highest BCUT2D eigenvalue weighted by Crippen LogP contribution is 2.33. The van der Waals surface area contributed by atoms with E-state index in [1.54, 1.807) is 7.05 Å². The van der Waals surface area contributed by atoms with Gasteiger partial charge in [-0.15, -0.1) is 0 Å². The predicted octanol–water partition coefficient (Wildman–Crippen LogP) is 1.87. The van der Waals surface area contributed by atoms with Crippen LogP contribution in [0.1, 0.15) is 6.92 Å². The van der Waals surface area contributed by atoms with Crippen LogP contribution in [0, 0.1) is 5.92 Å². The summed E-state index contributed by atoms with van der Waals surface area (Å²) in [7, 11) is 3.13. The monoisotopic (exact) mass is 359 g/mol. The highest BCUT2D eigenvalue weighted by Gasteiger charge is 2.29. The third-order valence-electron chi connectivity index (χ3n) is 4.68. The van der Waals surface area contributed by atoms with Crippen LogP contribution < -0.4 is 16.1 Å². The van der Waals surface area contributed by atoms with Crippen molar-refractivity contribution in [1.29, 1.82) is 0 Å². The number of aryl methyl sites for hydroxylation is 1. The zero-order valence-electron chi connectivity index (χ0n) is 14.2. The maximum Gasteiger partial charge on any atom is 0.332 e. The largest absolute Gasteiger partial charge is 0.332 e. The Morgan fingerprint density at radius 2 is 1.92 bits per heavy atom. The number of rotatable bonds is 1. The summed E-state index contributed by atoms with van der Waals surface area (Å²) in [6.45, 7) is 3.56. The van der Waals surface area contributed by atoms with Crippen LogP contribution in [0.15, 0.2) is 33.9 Å². The van der Waals surface area contributed by atoms with E-state index in [1.165, 1.54) is 11.6 Å². The summed E-state index contributed by atoms with van der Waals surface area (Å²) in [6, 6.07) is 7.55. The van der Waals surface area contributed by atoms with E-state index in [9.17, 15) is 9.59 Å². The Labute approximate surface area is 148 Å². The zero-order chi connectivity index (χ0) is 17.9. The molecule has 1 atom stereocenters. The molecule has 3 aromatic rings. The van der Waals surface area contributed by atoms with Gasteiger partial charge in [0.05, 0.1) is 0 Å². The van der Waals surface area contributed by atoms with E-state index in [2.05, 4.69) is 11.9 Å². The number of benzene rings is 1. The van der Waals surface area contributed by atoms with Crippen LogP contribution >= 0.6 is 11.6 Å². The lowest BCUT2D eigenvalue weighted by atomic mass is 10.1. The van der Waals surface area contributed by atoms with E-state index in [0.717, 1.165) is 16.8 Å². The van der Waals surface area contributed by atoms with Crippen molar-refractivity contribution in [2.75, 3.05) is 11.4 Å². The molecule has 0 saturated heterocycles. The molecule has 3 heterocycles. The Morgan fingerprint density at radius 1 is 1.16 bits per heavy atom. The first kappa shape index (κ1) is 16.0. The Bertz CT molecular complexity index is 1110. The summed E-state index contributed by atoms with van der Waals surface area (Å²) < 4.78 is 4.45. The number of hydrogen-bond donors (Lipinski definition) is 0. The summed E-state index contributed by atoms with van der Waals surface area (Å²) in [5.41, 5.74) is 1.08. The number of imidazole rings is 1. The summed E-state index contributed by atoms with van der Waals surface area (Å²) in [4.78, 5) is 31.6. The van der Waals surface area contributed by atoms with E-state index in [0.29, 0.717) is 34.6 Å². The molecule has 2 aromatic heterocycles. The van der Waals surface area contributed by atoms with Gasteiger partial charge in [-0.3, -0.25) is 13.9 Å². The minimum absolute atomic E-state index is 0.311. The van der Waals surface area contributed by atoms with Gasteiger partial charge < -0.3 is 9.47 Å². The fourth-order valence-corrected chi connectivity index (χ4v) is 3.63. The highest BCUT2D eigenvalue weighted by molar-refractivity contribution is 6.30. The minimum Gasteiger partial charge on any atom is -0.312 e. The van der Waals surface area contributed by atoms with Crippen molar-refractivity contribution in [3.8, 4) is 0 Å². The predicted molar refractivity (Wildman–Crippen MR) is 97.8 cm³/mol. The number of hydrogen-bond acceptors (Lipinski definition) is 4. The molecule has 0 saturated carbocycles. The molecule has 0 bridgehead atoms. The first-order valence-electron chi connectivity index (χ1n) is 8.08. The molecule has 4 rings (SSSR count). The van der Waals surface area contributed by atoms with Gasteiger partial charge in [0.1, 0.15) is 0 Å². The third-order valence-corrected chi connectivity index (χ3v) is 4.91. The van der Waals surface area contributed by atoms with Crippen LogP contribution in [-0.4, -0.2) is 25.2 Å². The number of nitrogens with zero attached hydrogens (tertiary/aromatic N) is 5. The fraction of sp³-hybridized carbons (Fsp3) is 0.353. The average molecular weight is 360 g/mol. The number of anilines is 2. The molecule has 0 unspecified atom stereocenters. The molecule has 1 aliphatic heterocycles. The van der Waals surface area contributed by atoms with Gasteiger partial charge >= 0.3 is 5.69 Å². The second-order valence-corrected chi connectivity index (χ2v) is 7.03. The number of fused-ring (bicyclic) bond motifs is 3. The lowest BCUT2D eigenvalue weighted by Crippen LogP contribution is -2.38. The molecule has 1 aromatic carbocycles. The molecular weight excluding hydrogens is 342 g/mol. The topological polar surface area (TPSA) is 65.1 Å². The SMILES string of the molecule is C[C@@H]1CN(c2cccc(Cl)c2)c2nc3c(c(=O)n(C)c(=O)n3C)n2C1. The van der Waals surface area contributed by atoms with Crippen LogP contribution in [0.2, 0.25) is 5.02 Å². The first-order chi connectivity index (χ1) is 11.9. The van der Waals surface area contributed by atoms with E-state index in [4.69, 9.17) is 11.6 Å². The van der Waals surface area contributed by atoms with Crippen molar-refractivity contribution in [1.82, 2.24) is 18.7 Å². The smallest absolute Gasteiger partial charge is 0.312 e. The molecule has 0 radical (unpaired) electrons. The maximum atomic E-state index is 12.7. The normalized spacial score (nSPS) is 17.1. The van der Waals surface area contributed by atoms with Gasteiger partial charge in [-0.2, -0.15) is 4.98 Å². The molecular formula is C17H18ClN5O2. The zero-order valence-corrected chi connectivity index (χ0v) is 15.0. The van der Waals surface area contributed by atoms with Gasteiger partial charge in [-0.25, -0.2) is 4.79 Å². The lowest BCUT2D eigenvalue weighted by molar-refractivity contribution is 0.458. The average Bonchev–Trinajstić information content (AvgIpc) is 2.96. The Kier molecular flexibility index (Phi) is 3.50. The van der Waals surface area contributed by atoms with Gasteiger partial charge in [-0.1, -0.05) is 24.6 Å². The Hall–Kier alpha value is -2.54. The summed E-state index contributed by atoms with van der Waals surface area (Å²) in [6.07, 6.45) is 0. The van der Waals surface area contributed by atoms with Crippen molar-refractivity contribution in [2.45, 2.75) is 13.5 Å². The van der Waals surface area contributed by atoms with Gasteiger partial charge in [0.2, 0.25) is 5.95 Å². The van der Waals surface area contributed by atoms with Crippen molar-refractivity contribution in [3.63, 3.8) is 0 Å². The van der Waals surface area contributed by atoms with Crippen molar-refractivity contribution in [3.05, 3.63) is 50.1 Å². The summed E-state index contributed by atoms with van der Waals surface area (Å²) >= 11 is 6.15. The highest BCUT2D eigenvalue weighted by atomic mass is 35.5. The molecule has 25 heavy (non-hydrogen) atoms. The van der Waals surface area contributed by atoms with Crippen LogP contribution in [0.4, 0.5) is 11.6 Å². The Balaban J connectivity index is 2.05. The molecule has 8 heteroatoms. The van der Waals surface area contributed by atoms with Gasteiger partial charge in [0.15, 0.2) is 11.2 Å². The Morgan fingerprint density at radius 3 is 2.64 bits per heavy atom. The van der Waals surface area contributed by atoms with Gasteiger partial charge in [-0.05, 0) is 24.1 Å². The number of aromatic nitrogens is 4. The summed E-state index contributed by atoms with van der Waals surface area (Å²) in [5, 5.41) is 0.640. The second kappa shape index (κ2) is 5.49. The first-order valence-corrected chi connectivity index (χ1v) is 8.45. The van der Waals surface area contributed by atoms with E-state index < -0.39 is 0 Å². The van der Waals surface area contributed by atoms with E-state index in [-0.39, 0.29) is 11.2 Å². The minimum atomic E-state index is -0.379. The lowest BCUT2D eigenvalue weighted by Gasteiger charge is -2.33. The van der Waals surface area contributed by atoms with Crippen LogP contribution in [0.25, 0.3) is 11.2 Å². The molecule has 0 spiro atoms. The fourth-order valence-electron chi connectivity index (χ4n) is 3.44. The van der Waals surface area contributed by atoms with Crippen LogP contribution in [0.5, 0.6) is 0 Å². The van der Waals surface area contributed by atoms with E-state index >= 15 is 0 Å². The number of halogens is 1. The standard InChI is InChI=1S/C17H18ClN5O2/c1-10-8-22(12-6-4-5-11(18)7-12)16-19-14-13(23(16)9-10)15(24)21(3)17(25)20(14)2/h4-7,10H,8-9H2,1-3H3/t10-/m1/s1. The van der Waals surface area contributed by atoms with E-state index in [1.807, 2.05) is 33.7 Å². The molecule has 0 fully saturated rings. The quantitative estimate of drug-likeness (QED) is 0.665. The van der Waals surface area contributed by atoms with Gasteiger partial charge in [0.25, 0.3) is 5.56 Å². The molecule has 0 N–H and O–H groups in total. The van der Waals surface area contributed by atoms with Crippen LogP contribution in [-0.2, 0) is 20.6 Å². The maximum absolute atomic E-state index is 12.7. The molecule has 1 aliphatic rings. The second-order valence-electron chi connectivity index (χ2n) is 6.60. The van der Waals surface area contributed by atoms with Crippen molar-refractivity contribution in [2.24, 2.45) is 20.0 Å². The summed E-state index contributed by atoms with van der Waals surface area (Å²) in [5.74, 6) is 0.972. The van der Waals surface area contributed by atoms with Crippen molar-refractivity contribution < 1.29 is 0 Å². The van der Waals surface area contributed by atoms with Crippen molar-refractivity contribution >= 4 is 34.4 Å². The van der Waals surface area contributed by atoms with Gasteiger partial charge in [0, 0.05) is 37.9 Å². The molecule has 0 amide bonds. The molecule has 7 nitrogen and oxygen atoms in total. The molecule has 0 aliphatic carbocycles.